The van der Waals surface area contributed by atoms with Crippen molar-refractivity contribution in [3.05, 3.63) is 47.5 Å². The minimum Gasteiger partial charge on any atom is -0.504 e. The molecule has 0 aromatic heterocycles. The third kappa shape index (κ3) is 2.98. The first kappa shape index (κ1) is 17.0. The molecule has 3 rings (SSSR count). The zero-order valence-electron chi connectivity index (χ0n) is 12.8. The highest BCUT2D eigenvalue weighted by atomic mass is 16.7. The summed E-state index contributed by atoms with van der Waals surface area (Å²) in [6.45, 7) is 0. The molecule has 1 heterocycles. The Morgan fingerprint density at radius 2 is 1.56 bits per heavy atom. The van der Waals surface area contributed by atoms with Gasteiger partial charge in [-0.15, -0.1) is 0 Å². The van der Waals surface area contributed by atoms with Crippen molar-refractivity contribution < 1.29 is 40.2 Å². The van der Waals surface area contributed by atoms with Gasteiger partial charge in [-0.05, 0) is 35.9 Å². The van der Waals surface area contributed by atoms with Gasteiger partial charge in [-0.1, -0.05) is 6.07 Å². The van der Waals surface area contributed by atoms with E-state index in [9.17, 15) is 35.4 Å². The summed E-state index contributed by atoms with van der Waals surface area (Å²) in [5.41, 5.74) is -1.13. The van der Waals surface area contributed by atoms with Crippen LogP contribution in [0.3, 0.4) is 0 Å². The van der Waals surface area contributed by atoms with Crippen LogP contribution in [0.4, 0.5) is 0 Å². The van der Waals surface area contributed by atoms with E-state index in [-0.39, 0.29) is 23.3 Å². The second-order valence-corrected chi connectivity index (χ2v) is 5.85. The molecule has 25 heavy (non-hydrogen) atoms. The van der Waals surface area contributed by atoms with Crippen LogP contribution < -0.4 is 0 Å². The standard InChI is InChI=1S/C17H16O8/c18-10-3-1-8(5-12(10)20)15(23)14(22)7-17(16(24)25-17)9-2-4-11(19)13(21)6-9/h1-6,14,16,18-22,24H,7H2. The Morgan fingerprint density at radius 3 is 2.08 bits per heavy atom. The number of hydrogen-bond donors (Lipinski definition) is 6. The lowest BCUT2D eigenvalue weighted by molar-refractivity contribution is 0.0661. The number of aromatic hydroxyl groups is 4. The Kier molecular flexibility index (Phi) is 4.03. The predicted molar refractivity (Wildman–Crippen MR) is 83.3 cm³/mol. The molecule has 6 N–H and O–H groups in total. The van der Waals surface area contributed by atoms with Crippen LogP contribution in [0.2, 0.25) is 0 Å². The number of carbonyl (C=O) groups is 1. The van der Waals surface area contributed by atoms with E-state index < -0.39 is 41.0 Å². The van der Waals surface area contributed by atoms with Crippen molar-refractivity contribution in [1.82, 2.24) is 0 Å². The molecule has 0 spiro atoms. The van der Waals surface area contributed by atoms with Crippen LogP contribution in [0.15, 0.2) is 36.4 Å². The minimum absolute atomic E-state index is 0.0263. The molecular formula is C17H16O8. The van der Waals surface area contributed by atoms with Gasteiger partial charge in [0.2, 0.25) is 0 Å². The average molecular weight is 348 g/mol. The van der Waals surface area contributed by atoms with E-state index in [0.29, 0.717) is 0 Å². The monoisotopic (exact) mass is 348 g/mol. The fourth-order valence-corrected chi connectivity index (χ4v) is 2.68. The smallest absolute Gasteiger partial charge is 0.191 e. The van der Waals surface area contributed by atoms with Crippen LogP contribution in [-0.2, 0) is 10.3 Å². The summed E-state index contributed by atoms with van der Waals surface area (Å²) in [4.78, 5) is 12.3. The van der Waals surface area contributed by atoms with Crippen LogP contribution in [0.1, 0.15) is 22.3 Å². The number of benzene rings is 2. The van der Waals surface area contributed by atoms with Gasteiger partial charge in [0.05, 0.1) is 0 Å². The third-order valence-corrected chi connectivity index (χ3v) is 4.19. The van der Waals surface area contributed by atoms with E-state index in [1.165, 1.54) is 24.3 Å². The van der Waals surface area contributed by atoms with E-state index in [4.69, 9.17) is 4.74 Å². The van der Waals surface area contributed by atoms with Crippen LogP contribution in [-0.4, -0.2) is 48.8 Å². The Labute approximate surface area is 141 Å². The highest BCUT2D eigenvalue weighted by molar-refractivity contribution is 5.99. The van der Waals surface area contributed by atoms with Crippen molar-refractivity contribution in [2.45, 2.75) is 24.4 Å². The van der Waals surface area contributed by atoms with Gasteiger partial charge < -0.3 is 35.4 Å². The van der Waals surface area contributed by atoms with Crippen molar-refractivity contribution in [3.63, 3.8) is 0 Å². The number of hydrogen-bond acceptors (Lipinski definition) is 8. The number of aliphatic hydroxyl groups is 2. The average Bonchev–Trinajstić information content (AvgIpc) is 3.22. The van der Waals surface area contributed by atoms with E-state index in [0.717, 1.165) is 12.1 Å². The van der Waals surface area contributed by atoms with Gasteiger partial charge in [-0.25, -0.2) is 0 Å². The largest absolute Gasteiger partial charge is 0.504 e. The first-order valence-corrected chi connectivity index (χ1v) is 7.37. The van der Waals surface area contributed by atoms with Crippen LogP contribution in [0.5, 0.6) is 23.0 Å². The lowest BCUT2D eigenvalue weighted by atomic mass is 9.89. The summed E-state index contributed by atoms with van der Waals surface area (Å²) >= 11 is 0. The molecule has 3 atom stereocenters. The van der Waals surface area contributed by atoms with Crippen molar-refractivity contribution in [3.8, 4) is 23.0 Å². The molecule has 2 aromatic carbocycles. The number of aliphatic hydroxyl groups excluding tert-OH is 2. The van der Waals surface area contributed by atoms with Gasteiger partial charge in [0, 0.05) is 12.0 Å². The fourth-order valence-electron chi connectivity index (χ4n) is 2.68. The summed E-state index contributed by atoms with van der Waals surface area (Å²) in [6.07, 6.45) is -3.16. The highest BCUT2D eigenvalue weighted by Crippen LogP contribution is 2.50. The Balaban J connectivity index is 1.82. The van der Waals surface area contributed by atoms with Crippen molar-refractivity contribution in [2.24, 2.45) is 0 Å². The maximum absolute atomic E-state index is 12.3. The maximum Gasteiger partial charge on any atom is 0.191 e. The number of phenols is 4. The molecule has 0 radical (unpaired) electrons. The number of phenolic OH excluding ortho intramolecular Hbond substituents is 4. The molecule has 0 bridgehead atoms. The number of epoxide rings is 1. The quantitative estimate of drug-likeness (QED) is 0.262. The molecule has 1 aliphatic rings. The number of Topliss-reactive ketones (excluding diaryl/α,β-unsaturated/α-hetero) is 1. The topological polar surface area (TPSA) is 151 Å². The zero-order chi connectivity index (χ0) is 18.4. The van der Waals surface area contributed by atoms with E-state index >= 15 is 0 Å². The fraction of sp³-hybridized carbons (Fsp3) is 0.235. The third-order valence-electron chi connectivity index (χ3n) is 4.19. The van der Waals surface area contributed by atoms with Gasteiger partial charge in [0.15, 0.2) is 35.1 Å². The Hall–Kier alpha value is -2.81. The van der Waals surface area contributed by atoms with Gasteiger partial charge in [-0.2, -0.15) is 0 Å². The van der Waals surface area contributed by atoms with Gasteiger partial charge in [0.1, 0.15) is 11.7 Å². The summed E-state index contributed by atoms with van der Waals surface area (Å²) in [7, 11) is 0. The molecular weight excluding hydrogens is 332 g/mol. The Morgan fingerprint density at radius 1 is 1.00 bits per heavy atom. The predicted octanol–water partition coefficient (Wildman–Crippen LogP) is 0.687. The van der Waals surface area contributed by atoms with Gasteiger partial charge >= 0.3 is 0 Å². The van der Waals surface area contributed by atoms with E-state index in [2.05, 4.69) is 0 Å². The summed E-state index contributed by atoms with van der Waals surface area (Å²) in [6, 6.07) is 7.15. The molecule has 0 saturated carbocycles. The summed E-state index contributed by atoms with van der Waals surface area (Å²) in [5, 5.41) is 57.7. The molecule has 3 unspecified atom stereocenters. The molecule has 1 aliphatic heterocycles. The molecule has 0 aliphatic carbocycles. The van der Waals surface area contributed by atoms with E-state index in [1.54, 1.807) is 0 Å². The van der Waals surface area contributed by atoms with E-state index in [1.807, 2.05) is 0 Å². The Bertz CT molecular complexity index is 833. The lowest BCUT2D eigenvalue weighted by Crippen LogP contribution is -2.28. The highest BCUT2D eigenvalue weighted by Gasteiger charge is 2.59. The normalized spacial score (nSPS) is 23.2. The molecule has 1 saturated heterocycles. The van der Waals surface area contributed by atoms with Crippen molar-refractivity contribution in [2.75, 3.05) is 0 Å². The number of ketones is 1. The second-order valence-electron chi connectivity index (χ2n) is 5.85. The zero-order valence-corrected chi connectivity index (χ0v) is 12.8. The van der Waals surface area contributed by atoms with Crippen LogP contribution >= 0.6 is 0 Å². The van der Waals surface area contributed by atoms with Crippen molar-refractivity contribution >= 4 is 5.78 Å². The molecule has 0 amide bonds. The first-order valence-electron chi connectivity index (χ1n) is 7.37. The molecule has 1 fully saturated rings. The van der Waals surface area contributed by atoms with Crippen molar-refractivity contribution in [1.29, 1.82) is 0 Å². The lowest BCUT2D eigenvalue weighted by Gasteiger charge is -2.17. The molecule has 132 valence electrons. The summed E-state index contributed by atoms with van der Waals surface area (Å²) < 4.78 is 5.15. The molecule has 8 nitrogen and oxygen atoms in total. The first-order chi connectivity index (χ1) is 11.7. The molecule has 2 aromatic rings. The van der Waals surface area contributed by atoms with Gasteiger partial charge in [-0.3, -0.25) is 4.79 Å². The summed E-state index contributed by atoms with van der Waals surface area (Å²) in [5.74, 6) is -2.42. The van der Waals surface area contributed by atoms with Gasteiger partial charge in [0.25, 0.3) is 0 Å². The number of rotatable bonds is 5. The molecule has 8 heteroatoms. The minimum atomic E-state index is -1.57. The maximum atomic E-state index is 12.3. The second kappa shape index (κ2) is 5.92. The van der Waals surface area contributed by atoms with Crippen LogP contribution in [0, 0.1) is 0 Å². The SMILES string of the molecule is O=C(c1ccc(O)c(O)c1)C(O)CC1(c2ccc(O)c(O)c2)OC1O. The van der Waals surface area contributed by atoms with Crippen LogP contribution in [0.25, 0.3) is 0 Å². The number of carbonyl (C=O) groups excluding carboxylic acids is 1. The number of ether oxygens (including phenoxy) is 1.